The second kappa shape index (κ2) is 4.04. The molecule has 1 N–H and O–H groups in total. The Morgan fingerprint density at radius 2 is 2.35 bits per heavy atom. The molecule has 1 aliphatic rings. The molecule has 90 valence electrons. The Hall–Kier alpha value is -1.55. The van der Waals surface area contributed by atoms with Gasteiger partial charge in [-0.25, -0.2) is 4.98 Å². The maximum absolute atomic E-state index is 5.40. The zero-order valence-electron chi connectivity index (χ0n) is 10.2. The van der Waals surface area contributed by atoms with E-state index in [0.29, 0.717) is 6.04 Å². The van der Waals surface area contributed by atoms with Crippen LogP contribution in [-0.2, 0) is 7.05 Å². The lowest BCUT2D eigenvalue weighted by Gasteiger charge is -2.10. The molecule has 0 amide bonds. The van der Waals surface area contributed by atoms with E-state index in [1.807, 2.05) is 18.2 Å². The Morgan fingerprint density at radius 1 is 1.47 bits per heavy atom. The molecule has 1 saturated heterocycles. The second-order valence-corrected chi connectivity index (χ2v) is 4.51. The molecule has 1 aromatic heterocycles. The van der Waals surface area contributed by atoms with E-state index >= 15 is 0 Å². The number of para-hydroxylation sites is 1. The van der Waals surface area contributed by atoms with Crippen LogP contribution in [0.5, 0.6) is 5.75 Å². The molecular formula is C13H17N3O. The maximum atomic E-state index is 5.40. The molecule has 3 rings (SSSR count). The number of nitrogens with zero attached hydrogens (tertiary/aromatic N) is 2. The number of nitrogens with one attached hydrogen (secondary N) is 1. The molecule has 1 unspecified atom stereocenters. The van der Waals surface area contributed by atoms with Crippen LogP contribution in [-0.4, -0.2) is 23.2 Å². The first-order valence-electron chi connectivity index (χ1n) is 6.04. The summed E-state index contributed by atoms with van der Waals surface area (Å²) in [4.78, 5) is 4.72. The lowest BCUT2D eigenvalue weighted by molar-refractivity contribution is 0.417. The third-order valence-corrected chi connectivity index (χ3v) is 3.48. The van der Waals surface area contributed by atoms with Gasteiger partial charge in [-0.05, 0) is 31.5 Å². The quantitative estimate of drug-likeness (QED) is 0.859. The van der Waals surface area contributed by atoms with E-state index in [4.69, 9.17) is 9.72 Å². The van der Waals surface area contributed by atoms with Gasteiger partial charge in [0.1, 0.15) is 17.1 Å². The highest BCUT2D eigenvalue weighted by Gasteiger charge is 2.22. The Balaban J connectivity index is 2.17. The molecule has 2 aromatic rings. The summed E-state index contributed by atoms with van der Waals surface area (Å²) in [7, 11) is 3.77. The van der Waals surface area contributed by atoms with Gasteiger partial charge in [-0.3, -0.25) is 0 Å². The number of hydrogen-bond donors (Lipinski definition) is 1. The van der Waals surface area contributed by atoms with Crippen LogP contribution in [0.1, 0.15) is 24.7 Å². The SMILES string of the molecule is COc1cccc2nc(C3CCCN3)n(C)c12. The first-order chi connectivity index (χ1) is 8.31. The van der Waals surface area contributed by atoms with Crippen LogP contribution in [0.3, 0.4) is 0 Å². The lowest BCUT2D eigenvalue weighted by atomic mass is 10.2. The average Bonchev–Trinajstić information content (AvgIpc) is 2.97. The molecule has 0 saturated carbocycles. The number of fused-ring (bicyclic) bond motifs is 1. The smallest absolute Gasteiger partial charge is 0.144 e. The van der Waals surface area contributed by atoms with Crippen molar-refractivity contribution in [1.82, 2.24) is 14.9 Å². The highest BCUT2D eigenvalue weighted by Crippen LogP contribution is 2.30. The molecule has 1 atom stereocenters. The van der Waals surface area contributed by atoms with Crippen LogP contribution >= 0.6 is 0 Å². The molecule has 17 heavy (non-hydrogen) atoms. The Bertz CT molecular complexity index is 541. The largest absolute Gasteiger partial charge is 0.494 e. The van der Waals surface area contributed by atoms with Crippen molar-refractivity contribution in [1.29, 1.82) is 0 Å². The molecule has 4 nitrogen and oxygen atoms in total. The number of hydrogen-bond acceptors (Lipinski definition) is 3. The van der Waals surface area contributed by atoms with E-state index in [0.717, 1.165) is 29.2 Å². The first-order valence-corrected chi connectivity index (χ1v) is 6.04. The van der Waals surface area contributed by atoms with Crippen molar-refractivity contribution in [2.75, 3.05) is 13.7 Å². The fraction of sp³-hybridized carbons (Fsp3) is 0.462. The summed E-state index contributed by atoms with van der Waals surface area (Å²) in [6.45, 7) is 1.09. The van der Waals surface area contributed by atoms with E-state index in [1.165, 1.54) is 12.8 Å². The molecule has 0 spiro atoms. The highest BCUT2D eigenvalue weighted by atomic mass is 16.5. The molecular weight excluding hydrogens is 214 g/mol. The van der Waals surface area contributed by atoms with Crippen LogP contribution in [0.4, 0.5) is 0 Å². The van der Waals surface area contributed by atoms with Crippen molar-refractivity contribution in [2.24, 2.45) is 7.05 Å². The molecule has 1 aliphatic heterocycles. The van der Waals surface area contributed by atoms with Gasteiger partial charge in [-0.15, -0.1) is 0 Å². The minimum absolute atomic E-state index is 0.386. The topological polar surface area (TPSA) is 39.1 Å². The summed E-state index contributed by atoms with van der Waals surface area (Å²) >= 11 is 0. The number of aryl methyl sites for hydroxylation is 1. The van der Waals surface area contributed by atoms with E-state index in [2.05, 4.69) is 16.9 Å². The molecule has 0 aliphatic carbocycles. The Morgan fingerprint density at radius 3 is 3.06 bits per heavy atom. The number of rotatable bonds is 2. The van der Waals surface area contributed by atoms with E-state index in [-0.39, 0.29) is 0 Å². The normalized spacial score (nSPS) is 20.0. The Kier molecular flexibility index (Phi) is 2.52. The highest BCUT2D eigenvalue weighted by molar-refractivity contribution is 5.82. The van der Waals surface area contributed by atoms with Gasteiger partial charge >= 0.3 is 0 Å². The molecule has 0 radical (unpaired) electrons. The number of methoxy groups -OCH3 is 1. The number of benzene rings is 1. The van der Waals surface area contributed by atoms with Gasteiger partial charge in [0.2, 0.25) is 0 Å². The van der Waals surface area contributed by atoms with E-state index < -0.39 is 0 Å². The summed E-state index contributed by atoms with van der Waals surface area (Å²) in [5.74, 6) is 2.00. The molecule has 2 heterocycles. The predicted octanol–water partition coefficient (Wildman–Crippen LogP) is 2.01. The number of ether oxygens (including phenoxy) is 1. The van der Waals surface area contributed by atoms with Crippen molar-refractivity contribution in [3.8, 4) is 5.75 Å². The monoisotopic (exact) mass is 231 g/mol. The second-order valence-electron chi connectivity index (χ2n) is 4.51. The lowest BCUT2D eigenvalue weighted by Crippen LogP contribution is -2.16. The Labute approximate surface area is 101 Å². The third-order valence-electron chi connectivity index (χ3n) is 3.48. The summed E-state index contributed by atoms with van der Waals surface area (Å²) in [5.41, 5.74) is 2.09. The molecule has 4 heteroatoms. The van der Waals surface area contributed by atoms with Gasteiger partial charge in [-0.1, -0.05) is 6.07 Å². The number of aromatic nitrogens is 2. The van der Waals surface area contributed by atoms with Crippen molar-refractivity contribution < 1.29 is 4.74 Å². The number of imidazole rings is 1. The molecule has 0 bridgehead atoms. The maximum Gasteiger partial charge on any atom is 0.144 e. The summed E-state index contributed by atoms with van der Waals surface area (Å²) in [5, 5.41) is 3.49. The van der Waals surface area contributed by atoms with Gasteiger partial charge in [0, 0.05) is 7.05 Å². The van der Waals surface area contributed by atoms with Gasteiger partial charge in [0.05, 0.1) is 18.7 Å². The zero-order valence-corrected chi connectivity index (χ0v) is 10.2. The van der Waals surface area contributed by atoms with Crippen LogP contribution in [0.2, 0.25) is 0 Å². The summed E-state index contributed by atoms with van der Waals surface area (Å²) < 4.78 is 7.55. The van der Waals surface area contributed by atoms with Gasteiger partial charge < -0.3 is 14.6 Å². The minimum atomic E-state index is 0.386. The average molecular weight is 231 g/mol. The van der Waals surface area contributed by atoms with Crippen molar-refractivity contribution in [3.63, 3.8) is 0 Å². The van der Waals surface area contributed by atoms with Crippen LogP contribution in [0.15, 0.2) is 18.2 Å². The predicted molar refractivity (Wildman–Crippen MR) is 67.2 cm³/mol. The third kappa shape index (κ3) is 1.60. The fourth-order valence-electron chi connectivity index (χ4n) is 2.63. The standard InChI is InChI=1S/C13H17N3O/c1-16-12-9(5-3-7-11(12)17-2)15-13(16)10-6-4-8-14-10/h3,5,7,10,14H,4,6,8H2,1-2H3. The van der Waals surface area contributed by atoms with Crippen LogP contribution in [0.25, 0.3) is 11.0 Å². The molecule has 1 fully saturated rings. The fourth-order valence-corrected chi connectivity index (χ4v) is 2.63. The van der Waals surface area contributed by atoms with E-state index in [9.17, 15) is 0 Å². The van der Waals surface area contributed by atoms with Gasteiger partial charge in [0.25, 0.3) is 0 Å². The van der Waals surface area contributed by atoms with E-state index in [1.54, 1.807) is 7.11 Å². The first kappa shape index (κ1) is 10.6. The summed E-state index contributed by atoms with van der Waals surface area (Å²) in [6, 6.07) is 6.39. The van der Waals surface area contributed by atoms with Crippen LogP contribution in [0, 0.1) is 0 Å². The van der Waals surface area contributed by atoms with Crippen molar-refractivity contribution in [3.05, 3.63) is 24.0 Å². The minimum Gasteiger partial charge on any atom is -0.494 e. The summed E-state index contributed by atoms with van der Waals surface area (Å²) in [6.07, 6.45) is 2.39. The van der Waals surface area contributed by atoms with Gasteiger partial charge in [-0.2, -0.15) is 0 Å². The zero-order chi connectivity index (χ0) is 11.8. The van der Waals surface area contributed by atoms with Crippen molar-refractivity contribution >= 4 is 11.0 Å². The van der Waals surface area contributed by atoms with Gasteiger partial charge in [0.15, 0.2) is 0 Å². The van der Waals surface area contributed by atoms with Crippen molar-refractivity contribution in [2.45, 2.75) is 18.9 Å². The van der Waals surface area contributed by atoms with Crippen LogP contribution < -0.4 is 10.1 Å². The molecule has 1 aromatic carbocycles.